The third kappa shape index (κ3) is 4.43. The lowest BCUT2D eigenvalue weighted by Crippen LogP contribution is -2.16. The molecule has 1 aromatic heterocycles. The second-order valence-electron chi connectivity index (χ2n) is 5.89. The van der Waals surface area contributed by atoms with Gasteiger partial charge >= 0.3 is 0 Å². The Morgan fingerprint density at radius 2 is 1.83 bits per heavy atom. The molecular weight excluding hydrogens is 367 g/mol. The molecule has 0 spiro atoms. The van der Waals surface area contributed by atoms with Crippen molar-refractivity contribution in [2.75, 3.05) is 11.1 Å². The number of nitrogens with one attached hydrogen (secondary N) is 1. The number of halogens is 2. The molecule has 0 unspecified atom stereocenters. The van der Waals surface area contributed by atoms with E-state index in [4.69, 9.17) is 23.2 Å². The van der Waals surface area contributed by atoms with Crippen LogP contribution in [0.4, 0.5) is 5.69 Å². The molecule has 0 aliphatic rings. The van der Waals surface area contributed by atoms with Gasteiger partial charge in [-0.15, -0.1) is 10.2 Å². The van der Waals surface area contributed by atoms with E-state index in [2.05, 4.69) is 47.8 Å². The number of aromatic nitrogens is 3. The van der Waals surface area contributed by atoms with Crippen LogP contribution in [-0.2, 0) is 4.79 Å². The summed E-state index contributed by atoms with van der Waals surface area (Å²) in [5.41, 5.74) is 0.430. The summed E-state index contributed by atoms with van der Waals surface area (Å²) in [5, 5.41) is 12.8. The Bertz CT molecular complexity index is 711. The number of anilines is 1. The highest BCUT2D eigenvalue weighted by atomic mass is 35.5. The molecule has 0 radical (unpaired) electrons. The fourth-order valence-corrected chi connectivity index (χ4v) is 3.55. The zero-order valence-corrected chi connectivity index (χ0v) is 16.3. The van der Waals surface area contributed by atoms with E-state index in [1.807, 2.05) is 0 Å². The summed E-state index contributed by atoms with van der Waals surface area (Å²) < 4.78 is 2.06. The minimum absolute atomic E-state index is 0.195. The van der Waals surface area contributed by atoms with Crippen molar-refractivity contribution in [3.63, 3.8) is 0 Å². The van der Waals surface area contributed by atoms with Crippen LogP contribution in [0.1, 0.15) is 45.5 Å². The molecule has 24 heavy (non-hydrogen) atoms. The third-order valence-corrected chi connectivity index (χ3v) is 4.86. The fraction of sp³-hybridized carbons (Fsp3) is 0.438. The molecule has 0 aliphatic carbocycles. The standard InChI is InChI=1S/C16H20Cl2N4OS/c1-9(2)15-20-21-16(22(15)10(3)4)24-8-13(23)19-14-11(17)6-5-7-12(14)18/h5-7,9-10H,8H2,1-4H3,(H,19,23). The number of rotatable bonds is 6. The molecule has 2 aromatic rings. The van der Waals surface area contributed by atoms with Gasteiger partial charge in [-0.2, -0.15) is 0 Å². The van der Waals surface area contributed by atoms with E-state index in [0.717, 1.165) is 11.0 Å². The van der Waals surface area contributed by atoms with E-state index in [0.29, 0.717) is 15.7 Å². The van der Waals surface area contributed by atoms with Crippen molar-refractivity contribution in [2.45, 2.75) is 44.8 Å². The van der Waals surface area contributed by atoms with E-state index in [-0.39, 0.29) is 23.6 Å². The third-order valence-electron chi connectivity index (χ3n) is 3.28. The van der Waals surface area contributed by atoms with Crippen molar-refractivity contribution in [3.05, 3.63) is 34.1 Å². The maximum atomic E-state index is 12.2. The first kappa shape index (κ1) is 19.1. The minimum Gasteiger partial charge on any atom is -0.323 e. The van der Waals surface area contributed by atoms with Gasteiger partial charge in [0, 0.05) is 12.0 Å². The molecule has 0 aliphatic heterocycles. The number of thioether (sulfide) groups is 1. The molecular formula is C16H20Cl2N4OS. The van der Waals surface area contributed by atoms with Crippen LogP contribution in [0.5, 0.6) is 0 Å². The van der Waals surface area contributed by atoms with E-state index in [9.17, 15) is 4.79 Å². The predicted octanol–water partition coefficient (Wildman–Crippen LogP) is 5.02. The number of hydrogen-bond donors (Lipinski definition) is 1. The van der Waals surface area contributed by atoms with Gasteiger partial charge in [-0.3, -0.25) is 4.79 Å². The Morgan fingerprint density at radius 3 is 2.38 bits per heavy atom. The molecule has 1 heterocycles. The Hall–Kier alpha value is -1.24. The van der Waals surface area contributed by atoms with Gasteiger partial charge in [0.1, 0.15) is 5.82 Å². The molecule has 0 saturated carbocycles. The van der Waals surface area contributed by atoms with Gasteiger partial charge in [0.25, 0.3) is 0 Å². The van der Waals surface area contributed by atoms with Gasteiger partial charge in [0.15, 0.2) is 5.16 Å². The largest absolute Gasteiger partial charge is 0.323 e. The van der Waals surface area contributed by atoms with Gasteiger partial charge in [0.2, 0.25) is 5.91 Å². The summed E-state index contributed by atoms with van der Waals surface area (Å²) in [6.45, 7) is 8.29. The number of benzene rings is 1. The molecule has 0 atom stereocenters. The maximum absolute atomic E-state index is 12.2. The number of para-hydroxylation sites is 1. The Kier molecular flexibility index (Phi) is 6.54. The monoisotopic (exact) mass is 386 g/mol. The lowest BCUT2D eigenvalue weighted by molar-refractivity contribution is -0.113. The van der Waals surface area contributed by atoms with Crippen LogP contribution in [-0.4, -0.2) is 26.4 Å². The van der Waals surface area contributed by atoms with E-state index in [1.165, 1.54) is 11.8 Å². The molecule has 0 saturated heterocycles. The summed E-state index contributed by atoms with van der Waals surface area (Å²) in [7, 11) is 0. The second kappa shape index (κ2) is 8.23. The van der Waals surface area contributed by atoms with Crippen molar-refractivity contribution >= 4 is 46.6 Å². The van der Waals surface area contributed by atoms with E-state index in [1.54, 1.807) is 18.2 Å². The van der Waals surface area contributed by atoms with Crippen LogP contribution < -0.4 is 5.32 Å². The number of carbonyl (C=O) groups is 1. The average molecular weight is 387 g/mol. The van der Waals surface area contributed by atoms with Gasteiger partial charge in [-0.1, -0.05) is 54.9 Å². The first-order chi connectivity index (χ1) is 11.3. The molecule has 1 N–H and O–H groups in total. The molecule has 1 amide bonds. The molecule has 1 aromatic carbocycles. The van der Waals surface area contributed by atoms with Crippen molar-refractivity contribution in [3.8, 4) is 0 Å². The van der Waals surface area contributed by atoms with Crippen molar-refractivity contribution in [2.24, 2.45) is 0 Å². The number of amides is 1. The molecule has 2 rings (SSSR count). The van der Waals surface area contributed by atoms with Crippen LogP contribution in [0.25, 0.3) is 0 Å². The first-order valence-corrected chi connectivity index (χ1v) is 9.36. The van der Waals surface area contributed by atoms with Crippen LogP contribution in [0.2, 0.25) is 10.0 Å². The molecule has 130 valence electrons. The summed E-state index contributed by atoms with van der Waals surface area (Å²) in [6.07, 6.45) is 0. The zero-order chi connectivity index (χ0) is 17.9. The molecule has 0 bridgehead atoms. The van der Waals surface area contributed by atoms with E-state index >= 15 is 0 Å². The van der Waals surface area contributed by atoms with Crippen LogP contribution in [0.15, 0.2) is 23.4 Å². The topological polar surface area (TPSA) is 59.8 Å². The average Bonchev–Trinajstić information content (AvgIpc) is 2.93. The summed E-state index contributed by atoms with van der Waals surface area (Å²) in [4.78, 5) is 12.2. The summed E-state index contributed by atoms with van der Waals surface area (Å²) >= 11 is 13.5. The normalized spacial score (nSPS) is 11.3. The van der Waals surface area contributed by atoms with Crippen molar-refractivity contribution < 1.29 is 4.79 Å². The van der Waals surface area contributed by atoms with Crippen LogP contribution in [0, 0.1) is 0 Å². The highest BCUT2D eigenvalue weighted by Crippen LogP contribution is 2.30. The highest BCUT2D eigenvalue weighted by molar-refractivity contribution is 7.99. The zero-order valence-electron chi connectivity index (χ0n) is 14.0. The lowest BCUT2D eigenvalue weighted by Gasteiger charge is -2.15. The molecule has 0 fully saturated rings. The second-order valence-corrected chi connectivity index (χ2v) is 7.65. The maximum Gasteiger partial charge on any atom is 0.234 e. The predicted molar refractivity (Wildman–Crippen MR) is 100 cm³/mol. The summed E-state index contributed by atoms with van der Waals surface area (Å²) in [6, 6.07) is 5.32. The highest BCUT2D eigenvalue weighted by Gasteiger charge is 2.19. The number of carbonyl (C=O) groups excluding carboxylic acids is 1. The number of hydrogen-bond acceptors (Lipinski definition) is 4. The van der Waals surface area contributed by atoms with Gasteiger partial charge in [0.05, 0.1) is 21.5 Å². The summed E-state index contributed by atoms with van der Waals surface area (Å²) in [5.74, 6) is 1.19. The quantitative estimate of drug-likeness (QED) is 0.707. The van der Waals surface area contributed by atoms with E-state index < -0.39 is 0 Å². The molecule has 8 heteroatoms. The Morgan fingerprint density at radius 1 is 1.21 bits per heavy atom. The smallest absolute Gasteiger partial charge is 0.234 e. The van der Waals surface area contributed by atoms with Crippen molar-refractivity contribution in [1.29, 1.82) is 0 Å². The van der Waals surface area contributed by atoms with Crippen LogP contribution >= 0.6 is 35.0 Å². The van der Waals surface area contributed by atoms with Gasteiger partial charge in [-0.25, -0.2) is 0 Å². The Balaban J connectivity index is 2.07. The molecule has 5 nitrogen and oxygen atoms in total. The lowest BCUT2D eigenvalue weighted by atomic mass is 10.2. The SMILES string of the molecule is CC(C)c1nnc(SCC(=O)Nc2c(Cl)cccc2Cl)n1C(C)C. The van der Waals surface area contributed by atoms with Gasteiger partial charge in [-0.05, 0) is 26.0 Å². The van der Waals surface area contributed by atoms with Crippen molar-refractivity contribution in [1.82, 2.24) is 14.8 Å². The van der Waals surface area contributed by atoms with Crippen LogP contribution in [0.3, 0.4) is 0 Å². The minimum atomic E-state index is -0.195. The van der Waals surface area contributed by atoms with Gasteiger partial charge < -0.3 is 9.88 Å². The number of nitrogens with zero attached hydrogens (tertiary/aromatic N) is 3. The fourth-order valence-electron chi connectivity index (χ4n) is 2.19. The Labute approximate surface area is 156 Å². The first-order valence-electron chi connectivity index (χ1n) is 7.62.